The molecule has 1 fully saturated rings. The third-order valence-electron chi connectivity index (χ3n) is 4.50. The van der Waals surface area contributed by atoms with Gasteiger partial charge in [0, 0.05) is 30.4 Å². The van der Waals surface area contributed by atoms with Gasteiger partial charge in [-0.2, -0.15) is 0 Å². The molecule has 0 unspecified atom stereocenters. The highest BCUT2D eigenvalue weighted by Gasteiger charge is 2.38. The average Bonchev–Trinajstić information content (AvgIpc) is 3.04. The third-order valence-corrected chi connectivity index (χ3v) is 6.58. The van der Waals surface area contributed by atoms with Crippen LogP contribution < -0.4 is 0 Å². The lowest BCUT2D eigenvalue weighted by Crippen LogP contribution is -2.38. The number of benzene rings is 1. The molecule has 24 heavy (non-hydrogen) atoms. The molecular weight excluding hydrogens is 340 g/mol. The van der Waals surface area contributed by atoms with Crippen LogP contribution in [0.3, 0.4) is 0 Å². The Hall–Kier alpha value is -1.14. The first-order valence-electron chi connectivity index (χ1n) is 8.07. The van der Waals surface area contributed by atoms with Crippen LogP contribution in [0.1, 0.15) is 42.6 Å². The van der Waals surface area contributed by atoms with Crippen molar-refractivity contribution in [3.8, 4) is 0 Å². The fourth-order valence-electron chi connectivity index (χ4n) is 3.10. The van der Waals surface area contributed by atoms with Gasteiger partial charge in [0.25, 0.3) is 0 Å². The standard InChI is InChI=1S/C19H22O3S2/c1-13-11-19(21-3,8-9-22-13)16-10-18(23-12-16)24-17-6-4-15(5-7-17)14(2)20/h4-7,10,12-13H,8-9,11H2,1-3H3/t13-,19+/m0/s1. The first-order chi connectivity index (χ1) is 11.5. The lowest BCUT2D eigenvalue weighted by molar-refractivity contribution is -0.122. The van der Waals surface area contributed by atoms with Crippen LogP contribution in [-0.2, 0) is 15.1 Å². The van der Waals surface area contributed by atoms with E-state index < -0.39 is 0 Å². The fourth-order valence-corrected chi connectivity index (χ4v) is 5.14. The summed E-state index contributed by atoms with van der Waals surface area (Å²) in [5.41, 5.74) is 1.76. The molecule has 1 aliphatic heterocycles. The average molecular weight is 363 g/mol. The maximum atomic E-state index is 11.4. The summed E-state index contributed by atoms with van der Waals surface area (Å²) in [5.74, 6) is 0.0978. The summed E-state index contributed by atoms with van der Waals surface area (Å²) >= 11 is 3.46. The van der Waals surface area contributed by atoms with Crippen molar-refractivity contribution in [2.45, 2.75) is 47.5 Å². The molecule has 2 aromatic rings. The van der Waals surface area contributed by atoms with E-state index in [9.17, 15) is 4.79 Å². The molecule has 128 valence electrons. The van der Waals surface area contributed by atoms with E-state index in [1.807, 2.05) is 24.3 Å². The molecule has 1 saturated heterocycles. The number of rotatable bonds is 5. The zero-order valence-corrected chi connectivity index (χ0v) is 15.8. The van der Waals surface area contributed by atoms with Gasteiger partial charge in [0.2, 0.25) is 0 Å². The summed E-state index contributed by atoms with van der Waals surface area (Å²) in [6.45, 7) is 4.43. The Morgan fingerprint density at radius 2 is 2.12 bits per heavy atom. The summed E-state index contributed by atoms with van der Waals surface area (Å²) in [4.78, 5) is 12.5. The van der Waals surface area contributed by atoms with Crippen LogP contribution in [0.25, 0.3) is 0 Å². The van der Waals surface area contributed by atoms with E-state index in [0.29, 0.717) is 0 Å². The summed E-state index contributed by atoms with van der Waals surface area (Å²) in [6.07, 6.45) is 1.99. The number of ketones is 1. The molecule has 0 saturated carbocycles. The molecule has 0 amide bonds. The molecule has 5 heteroatoms. The van der Waals surface area contributed by atoms with Crippen LogP contribution in [-0.4, -0.2) is 25.6 Å². The second kappa shape index (κ2) is 7.40. The third kappa shape index (κ3) is 3.75. The van der Waals surface area contributed by atoms with Crippen LogP contribution in [0.4, 0.5) is 0 Å². The zero-order chi connectivity index (χ0) is 17.2. The highest BCUT2D eigenvalue weighted by molar-refractivity contribution is 8.01. The largest absolute Gasteiger partial charge is 0.378 e. The van der Waals surface area contributed by atoms with Crippen molar-refractivity contribution in [1.29, 1.82) is 0 Å². The minimum atomic E-state index is -0.231. The van der Waals surface area contributed by atoms with E-state index in [4.69, 9.17) is 9.47 Å². The Morgan fingerprint density at radius 1 is 1.38 bits per heavy atom. The number of carbonyl (C=O) groups is 1. The van der Waals surface area contributed by atoms with Crippen molar-refractivity contribution in [1.82, 2.24) is 0 Å². The highest BCUT2D eigenvalue weighted by Crippen LogP contribution is 2.42. The number of hydrogen-bond acceptors (Lipinski definition) is 5. The van der Waals surface area contributed by atoms with Gasteiger partial charge < -0.3 is 9.47 Å². The van der Waals surface area contributed by atoms with E-state index >= 15 is 0 Å². The van der Waals surface area contributed by atoms with E-state index in [1.54, 1.807) is 37.1 Å². The summed E-state index contributed by atoms with van der Waals surface area (Å²) < 4.78 is 12.8. The molecule has 0 radical (unpaired) electrons. The van der Waals surface area contributed by atoms with Crippen LogP contribution in [0.15, 0.2) is 44.8 Å². The smallest absolute Gasteiger partial charge is 0.159 e. The number of methoxy groups -OCH3 is 1. The molecule has 3 rings (SSSR count). The molecule has 0 bridgehead atoms. The second-order valence-corrected chi connectivity index (χ2v) is 8.46. The zero-order valence-electron chi connectivity index (χ0n) is 14.2. The van der Waals surface area contributed by atoms with Gasteiger partial charge in [0.05, 0.1) is 22.5 Å². The van der Waals surface area contributed by atoms with Crippen molar-refractivity contribution >= 4 is 28.9 Å². The number of carbonyl (C=O) groups excluding carboxylic acids is 1. The molecule has 2 atom stereocenters. The van der Waals surface area contributed by atoms with Gasteiger partial charge in [-0.05, 0) is 43.0 Å². The van der Waals surface area contributed by atoms with Gasteiger partial charge in [-0.1, -0.05) is 23.9 Å². The van der Waals surface area contributed by atoms with Crippen LogP contribution in [0, 0.1) is 0 Å². The Balaban J connectivity index is 1.76. The monoisotopic (exact) mass is 362 g/mol. The minimum Gasteiger partial charge on any atom is -0.378 e. The van der Waals surface area contributed by atoms with Crippen LogP contribution >= 0.6 is 23.1 Å². The minimum absolute atomic E-state index is 0.0978. The number of Topliss-reactive ketones (excluding diaryl/α,β-unsaturated/α-hetero) is 1. The molecule has 1 aromatic carbocycles. The molecule has 1 aliphatic rings. The topological polar surface area (TPSA) is 35.5 Å². The SMILES string of the molecule is CO[C@]1(c2csc(Sc3ccc(C(C)=O)cc3)c2)CCO[C@@H](C)C1. The normalized spacial score (nSPS) is 24.0. The maximum absolute atomic E-state index is 11.4. The molecule has 2 heterocycles. The van der Waals surface area contributed by atoms with E-state index in [1.165, 1.54) is 9.77 Å². The van der Waals surface area contributed by atoms with Gasteiger partial charge in [0.15, 0.2) is 5.78 Å². The number of thiophene rings is 1. The van der Waals surface area contributed by atoms with E-state index in [-0.39, 0.29) is 17.5 Å². The van der Waals surface area contributed by atoms with Gasteiger partial charge in [-0.15, -0.1) is 11.3 Å². The molecule has 0 aliphatic carbocycles. The van der Waals surface area contributed by atoms with Gasteiger partial charge in [-0.25, -0.2) is 0 Å². The Bertz CT molecular complexity index is 708. The molecule has 0 N–H and O–H groups in total. The number of ether oxygens (including phenoxy) is 2. The molecule has 0 spiro atoms. The van der Waals surface area contributed by atoms with Crippen molar-refractivity contribution in [3.05, 3.63) is 46.8 Å². The Labute approximate surface area is 151 Å². The Kier molecular flexibility index (Phi) is 5.45. The van der Waals surface area contributed by atoms with Crippen molar-refractivity contribution in [2.24, 2.45) is 0 Å². The summed E-state index contributed by atoms with van der Waals surface area (Å²) in [7, 11) is 1.79. The lowest BCUT2D eigenvalue weighted by Gasteiger charge is -2.38. The Morgan fingerprint density at radius 3 is 2.75 bits per heavy atom. The maximum Gasteiger partial charge on any atom is 0.159 e. The van der Waals surface area contributed by atoms with Crippen LogP contribution in [0.2, 0.25) is 0 Å². The predicted octanol–water partition coefficient (Wildman–Crippen LogP) is 5.14. The van der Waals surface area contributed by atoms with Crippen LogP contribution in [0.5, 0.6) is 0 Å². The first-order valence-corrected chi connectivity index (χ1v) is 9.77. The molecular formula is C19H22O3S2. The molecule has 1 aromatic heterocycles. The summed E-state index contributed by atoms with van der Waals surface area (Å²) in [5, 5.41) is 2.20. The number of hydrogen-bond donors (Lipinski definition) is 0. The van der Waals surface area contributed by atoms with E-state index in [0.717, 1.165) is 29.9 Å². The van der Waals surface area contributed by atoms with Crippen molar-refractivity contribution in [2.75, 3.05) is 13.7 Å². The van der Waals surface area contributed by atoms with Gasteiger partial charge in [-0.3, -0.25) is 4.79 Å². The first kappa shape index (κ1) is 17.7. The van der Waals surface area contributed by atoms with Crippen molar-refractivity contribution in [3.63, 3.8) is 0 Å². The summed E-state index contributed by atoms with van der Waals surface area (Å²) in [6, 6.07) is 10.0. The lowest BCUT2D eigenvalue weighted by atomic mass is 9.85. The van der Waals surface area contributed by atoms with Gasteiger partial charge in [0.1, 0.15) is 0 Å². The van der Waals surface area contributed by atoms with Crippen molar-refractivity contribution < 1.29 is 14.3 Å². The quantitative estimate of drug-likeness (QED) is 0.690. The van der Waals surface area contributed by atoms with E-state index in [2.05, 4.69) is 18.4 Å². The molecule has 3 nitrogen and oxygen atoms in total. The second-order valence-electron chi connectivity index (χ2n) is 6.17. The van der Waals surface area contributed by atoms with Gasteiger partial charge >= 0.3 is 0 Å². The highest BCUT2D eigenvalue weighted by atomic mass is 32.2. The fraction of sp³-hybridized carbons (Fsp3) is 0.421. The predicted molar refractivity (Wildman–Crippen MR) is 98.2 cm³/mol.